The second kappa shape index (κ2) is 6.56. The average molecular weight is 283 g/mol. The van der Waals surface area contributed by atoms with Crippen LogP contribution in [0, 0.1) is 5.41 Å². The molecule has 0 aromatic rings. The van der Waals surface area contributed by atoms with Gasteiger partial charge in [0.05, 0.1) is 0 Å². The minimum Gasteiger partial charge on any atom is -0.396 e. The predicted molar refractivity (Wildman–Crippen MR) is 62.5 cm³/mol. The number of aliphatic hydroxyl groups excluding tert-OH is 1. The summed E-state index contributed by atoms with van der Waals surface area (Å²) in [5, 5.41) is 9.34. The Morgan fingerprint density at radius 2 is 1.95 bits per heavy atom. The third kappa shape index (κ3) is 4.99. The van der Waals surface area contributed by atoms with Gasteiger partial charge in [0.2, 0.25) is 5.91 Å². The molecule has 1 amide bonds. The molecule has 1 N–H and O–H groups in total. The van der Waals surface area contributed by atoms with E-state index in [0.29, 0.717) is 25.9 Å². The van der Waals surface area contributed by atoms with Crippen LogP contribution in [-0.2, 0) is 9.53 Å². The Kier molecular flexibility index (Phi) is 5.61. The Balaban J connectivity index is 2.33. The summed E-state index contributed by atoms with van der Waals surface area (Å²) in [7, 11) is 0. The van der Waals surface area contributed by atoms with E-state index in [4.69, 9.17) is 0 Å². The normalized spacial score (nSPS) is 19.5. The van der Waals surface area contributed by atoms with E-state index in [1.54, 1.807) is 0 Å². The van der Waals surface area contributed by atoms with Gasteiger partial charge in [-0.15, -0.1) is 0 Å². The number of carbonyl (C=O) groups is 1. The van der Waals surface area contributed by atoms with Crippen molar-refractivity contribution in [3.05, 3.63) is 0 Å². The number of nitrogens with zero attached hydrogens (tertiary/aromatic N) is 1. The number of hydrogen-bond donors (Lipinski definition) is 1. The number of ether oxygens (including phenoxy) is 1. The molecule has 0 spiro atoms. The fourth-order valence-corrected chi connectivity index (χ4v) is 2.20. The first-order valence-corrected chi connectivity index (χ1v) is 6.35. The van der Waals surface area contributed by atoms with Crippen molar-refractivity contribution in [1.29, 1.82) is 0 Å². The van der Waals surface area contributed by atoms with Crippen molar-refractivity contribution in [3.8, 4) is 0 Å². The summed E-state index contributed by atoms with van der Waals surface area (Å²) in [6.45, 7) is 1.04. The SMILES string of the molecule is CCC1(CO)CCN(C(=O)COCC(F)(F)F)CC1. The van der Waals surface area contributed by atoms with Crippen molar-refractivity contribution >= 4 is 5.91 Å². The maximum atomic E-state index is 11.9. The van der Waals surface area contributed by atoms with Gasteiger partial charge in [0.25, 0.3) is 0 Å². The van der Waals surface area contributed by atoms with Gasteiger partial charge in [-0.05, 0) is 24.7 Å². The van der Waals surface area contributed by atoms with E-state index in [1.807, 2.05) is 6.92 Å². The first-order chi connectivity index (χ1) is 8.82. The molecule has 112 valence electrons. The second-order valence-corrected chi connectivity index (χ2v) is 5.00. The van der Waals surface area contributed by atoms with E-state index >= 15 is 0 Å². The van der Waals surface area contributed by atoms with Crippen LogP contribution in [-0.4, -0.2) is 55.0 Å². The van der Waals surface area contributed by atoms with Crippen LogP contribution in [0.1, 0.15) is 26.2 Å². The lowest BCUT2D eigenvalue weighted by atomic mass is 9.77. The minimum absolute atomic E-state index is 0.0795. The van der Waals surface area contributed by atoms with Crippen LogP contribution >= 0.6 is 0 Å². The van der Waals surface area contributed by atoms with E-state index in [2.05, 4.69) is 4.74 Å². The molecule has 1 saturated heterocycles. The summed E-state index contributed by atoms with van der Waals surface area (Å²) in [5.74, 6) is -0.424. The molecular weight excluding hydrogens is 263 g/mol. The predicted octanol–water partition coefficient (Wildman–Crippen LogP) is 1.58. The van der Waals surface area contributed by atoms with Crippen LogP contribution < -0.4 is 0 Å². The van der Waals surface area contributed by atoms with Gasteiger partial charge in [-0.1, -0.05) is 6.92 Å². The lowest BCUT2D eigenvalue weighted by Crippen LogP contribution is -2.45. The molecule has 1 heterocycles. The van der Waals surface area contributed by atoms with Crippen LogP contribution in [0.3, 0.4) is 0 Å². The zero-order chi connectivity index (χ0) is 14.5. The lowest BCUT2D eigenvalue weighted by molar-refractivity contribution is -0.178. The fraction of sp³-hybridized carbons (Fsp3) is 0.917. The smallest absolute Gasteiger partial charge is 0.396 e. The summed E-state index contributed by atoms with van der Waals surface area (Å²) in [4.78, 5) is 13.1. The standard InChI is InChI=1S/C12H20F3NO3/c1-2-11(8-17)3-5-16(6-4-11)10(18)7-19-9-12(13,14)15/h17H,2-9H2,1H3. The Labute approximate surface area is 110 Å². The highest BCUT2D eigenvalue weighted by atomic mass is 19.4. The molecule has 0 radical (unpaired) electrons. The molecule has 0 aromatic carbocycles. The van der Waals surface area contributed by atoms with Crippen LogP contribution in [0.2, 0.25) is 0 Å². The monoisotopic (exact) mass is 283 g/mol. The number of rotatable bonds is 5. The molecule has 0 atom stereocenters. The first kappa shape index (κ1) is 16.2. The molecule has 4 nitrogen and oxygen atoms in total. The number of halogens is 3. The molecule has 1 aliphatic heterocycles. The highest BCUT2D eigenvalue weighted by molar-refractivity contribution is 5.77. The number of alkyl halides is 3. The largest absolute Gasteiger partial charge is 0.411 e. The number of hydrogen-bond acceptors (Lipinski definition) is 3. The fourth-order valence-electron chi connectivity index (χ4n) is 2.20. The van der Waals surface area contributed by atoms with Gasteiger partial charge >= 0.3 is 6.18 Å². The molecule has 0 bridgehead atoms. The van der Waals surface area contributed by atoms with Crippen molar-refractivity contribution in [2.45, 2.75) is 32.4 Å². The third-order valence-electron chi connectivity index (χ3n) is 3.75. The van der Waals surface area contributed by atoms with Gasteiger partial charge in [0.1, 0.15) is 13.2 Å². The Morgan fingerprint density at radius 3 is 2.37 bits per heavy atom. The van der Waals surface area contributed by atoms with E-state index in [0.717, 1.165) is 6.42 Å². The van der Waals surface area contributed by atoms with E-state index in [9.17, 15) is 23.1 Å². The van der Waals surface area contributed by atoms with Gasteiger partial charge < -0.3 is 14.7 Å². The maximum Gasteiger partial charge on any atom is 0.411 e. The van der Waals surface area contributed by atoms with Gasteiger partial charge in [0.15, 0.2) is 0 Å². The third-order valence-corrected chi connectivity index (χ3v) is 3.75. The van der Waals surface area contributed by atoms with E-state index in [-0.39, 0.29) is 12.0 Å². The lowest BCUT2D eigenvalue weighted by Gasteiger charge is -2.40. The van der Waals surface area contributed by atoms with Gasteiger partial charge in [-0.3, -0.25) is 4.79 Å². The number of carbonyl (C=O) groups excluding carboxylic acids is 1. The van der Waals surface area contributed by atoms with Crippen LogP contribution in [0.5, 0.6) is 0 Å². The van der Waals surface area contributed by atoms with Gasteiger partial charge in [-0.2, -0.15) is 13.2 Å². The van der Waals surface area contributed by atoms with Crippen LogP contribution in [0.15, 0.2) is 0 Å². The van der Waals surface area contributed by atoms with Crippen LogP contribution in [0.4, 0.5) is 13.2 Å². The number of aliphatic hydroxyl groups is 1. The Morgan fingerprint density at radius 1 is 1.37 bits per heavy atom. The molecule has 0 unspecified atom stereocenters. The Bertz CT molecular complexity index is 293. The molecule has 1 aliphatic rings. The molecule has 0 saturated carbocycles. The van der Waals surface area contributed by atoms with Crippen molar-refractivity contribution < 1.29 is 27.8 Å². The first-order valence-electron chi connectivity index (χ1n) is 6.35. The summed E-state index contributed by atoms with van der Waals surface area (Å²) in [6.07, 6.45) is -2.23. The van der Waals surface area contributed by atoms with Crippen molar-refractivity contribution in [2.75, 3.05) is 32.9 Å². The summed E-state index contributed by atoms with van der Waals surface area (Å²) in [6, 6.07) is 0. The molecule has 19 heavy (non-hydrogen) atoms. The highest BCUT2D eigenvalue weighted by Gasteiger charge is 2.34. The van der Waals surface area contributed by atoms with E-state index < -0.39 is 25.3 Å². The quantitative estimate of drug-likeness (QED) is 0.833. The van der Waals surface area contributed by atoms with Crippen molar-refractivity contribution in [1.82, 2.24) is 4.90 Å². The molecule has 1 rings (SSSR count). The average Bonchev–Trinajstić information content (AvgIpc) is 2.37. The van der Waals surface area contributed by atoms with Crippen molar-refractivity contribution in [2.24, 2.45) is 5.41 Å². The van der Waals surface area contributed by atoms with Gasteiger partial charge in [0, 0.05) is 19.7 Å². The van der Waals surface area contributed by atoms with Gasteiger partial charge in [-0.25, -0.2) is 0 Å². The van der Waals surface area contributed by atoms with Crippen molar-refractivity contribution in [3.63, 3.8) is 0 Å². The molecule has 1 fully saturated rings. The summed E-state index contributed by atoms with van der Waals surface area (Å²) < 4.78 is 39.9. The number of likely N-dealkylation sites (tertiary alicyclic amines) is 1. The maximum absolute atomic E-state index is 11.9. The molecule has 0 aliphatic carbocycles. The molecule has 0 aromatic heterocycles. The minimum atomic E-state index is -4.41. The molecule has 7 heteroatoms. The number of piperidine rings is 1. The zero-order valence-corrected chi connectivity index (χ0v) is 11.0. The molecular formula is C12H20F3NO3. The summed E-state index contributed by atoms with van der Waals surface area (Å²) in [5.41, 5.74) is -0.149. The number of amides is 1. The Hall–Kier alpha value is -0.820. The zero-order valence-electron chi connectivity index (χ0n) is 11.0. The summed E-state index contributed by atoms with van der Waals surface area (Å²) >= 11 is 0. The second-order valence-electron chi connectivity index (χ2n) is 5.00. The highest BCUT2D eigenvalue weighted by Crippen LogP contribution is 2.34. The van der Waals surface area contributed by atoms with Crippen LogP contribution in [0.25, 0.3) is 0 Å². The van der Waals surface area contributed by atoms with E-state index in [1.165, 1.54) is 4.90 Å². The topological polar surface area (TPSA) is 49.8 Å².